The van der Waals surface area contributed by atoms with E-state index in [4.69, 9.17) is 4.84 Å². The van der Waals surface area contributed by atoms with Crippen LogP contribution in [0.1, 0.15) is 12.8 Å². The second-order valence-electron chi connectivity index (χ2n) is 2.73. The number of hydroxylamine groups is 1. The van der Waals surface area contributed by atoms with Crippen LogP contribution in [-0.2, 0) is 4.84 Å². The van der Waals surface area contributed by atoms with Gasteiger partial charge in [-0.3, -0.25) is 0 Å². The van der Waals surface area contributed by atoms with E-state index in [1.165, 1.54) is 19.4 Å². The summed E-state index contributed by atoms with van der Waals surface area (Å²) in [7, 11) is 1.80. The maximum absolute atomic E-state index is 5.08. The second kappa shape index (κ2) is 4.66. The van der Waals surface area contributed by atoms with Crippen molar-refractivity contribution < 1.29 is 4.84 Å². The molecule has 3 nitrogen and oxygen atoms in total. The van der Waals surface area contributed by atoms with E-state index in [1.807, 2.05) is 0 Å². The molecule has 0 saturated carbocycles. The molecule has 0 radical (unpaired) electrons. The maximum atomic E-state index is 5.08. The molecule has 1 saturated heterocycles. The fourth-order valence-electron chi connectivity index (χ4n) is 1.27. The van der Waals surface area contributed by atoms with Crippen molar-refractivity contribution in [1.82, 2.24) is 10.8 Å². The molecular formula is C7H16N2O. The van der Waals surface area contributed by atoms with Crippen LogP contribution in [0, 0.1) is 5.92 Å². The molecule has 2 N–H and O–H groups in total. The van der Waals surface area contributed by atoms with Crippen molar-refractivity contribution in [2.45, 2.75) is 12.8 Å². The highest BCUT2D eigenvalue weighted by Crippen LogP contribution is 2.08. The van der Waals surface area contributed by atoms with Gasteiger partial charge in [-0.25, -0.2) is 5.48 Å². The summed E-state index contributed by atoms with van der Waals surface area (Å²) in [6.45, 7) is 3.13. The Morgan fingerprint density at radius 1 is 1.70 bits per heavy atom. The fourth-order valence-corrected chi connectivity index (χ4v) is 1.27. The first-order valence-corrected chi connectivity index (χ1v) is 3.92. The third kappa shape index (κ3) is 2.64. The van der Waals surface area contributed by atoms with Gasteiger partial charge in [-0.1, -0.05) is 0 Å². The molecule has 0 aromatic heterocycles. The van der Waals surface area contributed by atoms with Gasteiger partial charge in [0.05, 0.1) is 6.61 Å². The zero-order chi connectivity index (χ0) is 7.23. The van der Waals surface area contributed by atoms with Crippen molar-refractivity contribution in [3.63, 3.8) is 0 Å². The zero-order valence-electron chi connectivity index (χ0n) is 6.52. The van der Waals surface area contributed by atoms with Gasteiger partial charge >= 0.3 is 0 Å². The molecule has 10 heavy (non-hydrogen) atoms. The van der Waals surface area contributed by atoms with E-state index in [1.54, 1.807) is 7.05 Å². The van der Waals surface area contributed by atoms with Gasteiger partial charge < -0.3 is 10.2 Å². The van der Waals surface area contributed by atoms with Crippen molar-refractivity contribution in [3.8, 4) is 0 Å². The summed E-state index contributed by atoms with van der Waals surface area (Å²) in [5.41, 5.74) is 2.69. The van der Waals surface area contributed by atoms with E-state index in [0.717, 1.165) is 13.2 Å². The minimum absolute atomic E-state index is 0.709. The van der Waals surface area contributed by atoms with Crippen molar-refractivity contribution in [1.29, 1.82) is 0 Å². The SMILES string of the molecule is CNOC[C@@H]1CCCNC1. The first-order valence-electron chi connectivity index (χ1n) is 3.92. The van der Waals surface area contributed by atoms with E-state index >= 15 is 0 Å². The molecule has 60 valence electrons. The Balaban J connectivity index is 2.02. The summed E-state index contributed by atoms with van der Waals surface area (Å²) in [4.78, 5) is 5.08. The van der Waals surface area contributed by atoms with Crippen LogP contribution in [-0.4, -0.2) is 26.7 Å². The molecule has 0 spiro atoms. The summed E-state index contributed by atoms with van der Waals surface area (Å²) in [5.74, 6) is 0.709. The van der Waals surface area contributed by atoms with E-state index < -0.39 is 0 Å². The Morgan fingerprint density at radius 3 is 3.20 bits per heavy atom. The molecule has 3 heteroatoms. The summed E-state index contributed by atoms with van der Waals surface area (Å²) in [6.07, 6.45) is 2.59. The largest absolute Gasteiger partial charge is 0.316 e. The lowest BCUT2D eigenvalue weighted by Crippen LogP contribution is -2.33. The first-order chi connectivity index (χ1) is 4.93. The lowest BCUT2D eigenvalue weighted by Gasteiger charge is -2.21. The van der Waals surface area contributed by atoms with Crippen molar-refractivity contribution >= 4 is 0 Å². The number of hydrogen-bond acceptors (Lipinski definition) is 3. The van der Waals surface area contributed by atoms with Crippen LogP contribution in [0.4, 0.5) is 0 Å². The smallest absolute Gasteiger partial charge is 0.0722 e. The Bertz CT molecular complexity index is 81.7. The van der Waals surface area contributed by atoms with Gasteiger partial charge in [0, 0.05) is 13.6 Å². The highest BCUT2D eigenvalue weighted by molar-refractivity contribution is 4.67. The maximum Gasteiger partial charge on any atom is 0.0722 e. The van der Waals surface area contributed by atoms with Crippen LogP contribution in [0.3, 0.4) is 0 Å². The minimum Gasteiger partial charge on any atom is -0.316 e. The number of piperidine rings is 1. The van der Waals surface area contributed by atoms with Crippen molar-refractivity contribution in [2.24, 2.45) is 5.92 Å². The molecule has 0 aliphatic carbocycles. The Morgan fingerprint density at radius 2 is 2.60 bits per heavy atom. The van der Waals surface area contributed by atoms with E-state index in [2.05, 4.69) is 10.8 Å². The lowest BCUT2D eigenvalue weighted by molar-refractivity contribution is 0.0261. The molecule has 1 rings (SSSR count). The van der Waals surface area contributed by atoms with Gasteiger partial charge in [-0.2, -0.15) is 0 Å². The molecule has 1 fully saturated rings. The van der Waals surface area contributed by atoms with Crippen molar-refractivity contribution in [3.05, 3.63) is 0 Å². The van der Waals surface area contributed by atoms with Crippen LogP contribution >= 0.6 is 0 Å². The minimum atomic E-state index is 0.709. The molecule has 0 unspecified atom stereocenters. The molecule has 0 amide bonds. The molecule has 1 atom stereocenters. The topological polar surface area (TPSA) is 33.3 Å². The monoisotopic (exact) mass is 144 g/mol. The first kappa shape index (κ1) is 7.98. The van der Waals surface area contributed by atoms with Crippen LogP contribution in [0.2, 0.25) is 0 Å². The highest BCUT2D eigenvalue weighted by Gasteiger charge is 2.11. The van der Waals surface area contributed by atoms with Gasteiger partial charge in [-0.05, 0) is 25.3 Å². The molecule has 0 aromatic rings. The second-order valence-corrected chi connectivity index (χ2v) is 2.73. The van der Waals surface area contributed by atoms with Crippen LogP contribution in [0.15, 0.2) is 0 Å². The molecule has 1 heterocycles. The molecule has 1 aliphatic rings. The molecule has 1 aliphatic heterocycles. The van der Waals surface area contributed by atoms with Gasteiger partial charge in [0.1, 0.15) is 0 Å². The summed E-state index contributed by atoms with van der Waals surface area (Å²) >= 11 is 0. The van der Waals surface area contributed by atoms with Gasteiger partial charge in [0.2, 0.25) is 0 Å². The summed E-state index contributed by atoms with van der Waals surface area (Å²) < 4.78 is 0. The van der Waals surface area contributed by atoms with Crippen LogP contribution in [0.5, 0.6) is 0 Å². The van der Waals surface area contributed by atoms with Gasteiger partial charge in [-0.15, -0.1) is 0 Å². The van der Waals surface area contributed by atoms with Gasteiger partial charge in [0.25, 0.3) is 0 Å². The number of hydrogen-bond donors (Lipinski definition) is 2. The number of nitrogens with one attached hydrogen (secondary N) is 2. The van der Waals surface area contributed by atoms with Gasteiger partial charge in [0.15, 0.2) is 0 Å². The average molecular weight is 144 g/mol. The predicted molar refractivity (Wildman–Crippen MR) is 40.6 cm³/mol. The number of rotatable bonds is 3. The normalized spacial score (nSPS) is 26.7. The van der Waals surface area contributed by atoms with E-state index in [-0.39, 0.29) is 0 Å². The summed E-state index contributed by atoms with van der Waals surface area (Å²) in [5, 5.41) is 3.34. The molecule has 0 bridgehead atoms. The summed E-state index contributed by atoms with van der Waals surface area (Å²) in [6, 6.07) is 0. The Kier molecular flexibility index (Phi) is 3.72. The average Bonchev–Trinajstić information content (AvgIpc) is 2.03. The van der Waals surface area contributed by atoms with Crippen LogP contribution in [0.25, 0.3) is 0 Å². The fraction of sp³-hybridized carbons (Fsp3) is 1.00. The molecular weight excluding hydrogens is 128 g/mol. The third-order valence-corrected chi connectivity index (χ3v) is 1.86. The van der Waals surface area contributed by atoms with Crippen molar-refractivity contribution in [2.75, 3.05) is 26.7 Å². The van der Waals surface area contributed by atoms with Crippen LogP contribution < -0.4 is 10.8 Å². The van der Waals surface area contributed by atoms with E-state index in [0.29, 0.717) is 5.92 Å². The third-order valence-electron chi connectivity index (χ3n) is 1.86. The predicted octanol–water partition coefficient (Wildman–Crippen LogP) is 0.137. The standard InChI is InChI=1S/C7H16N2O/c1-8-10-6-7-3-2-4-9-5-7/h7-9H,2-6H2,1H3/t7-/m1/s1. The quantitative estimate of drug-likeness (QED) is 0.553. The molecule has 0 aromatic carbocycles. The highest BCUT2D eigenvalue weighted by atomic mass is 16.6. The van der Waals surface area contributed by atoms with E-state index in [9.17, 15) is 0 Å². The zero-order valence-corrected chi connectivity index (χ0v) is 6.52. The Hall–Kier alpha value is -0.120. The lowest BCUT2D eigenvalue weighted by atomic mass is 10.0. The Labute approximate surface area is 62.1 Å².